The largest absolute Gasteiger partial charge is 0.345 e. The molecule has 2 aromatic rings. The lowest BCUT2D eigenvalue weighted by atomic mass is 10.2. The zero-order valence-electron chi connectivity index (χ0n) is 8.33. The molecule has 0 N–H and O–H groups in total. The Balaban J connectivity index is 2.45. The van der Waals surface area contributed by atoms with E-state index < -0.39 is 0 Å². The molecule has 0 radical (unpaired) electrons. The van der Waals surface area contributed by atoms with Crippen LogP contribution in [0.2, 0.25) is 0 Å². The minimum atomic E-state index is -0.244. The molecule has 0 aliphatic carbocycles. The van der Waals surface area contributed by atoms with Gasteiger partial charge in [0.15, 0.2) is 0 Å². The summed E-state index contributed by atoms with van der Waals surface area (Å²) >= 11 is 0. The van der Waals surface area contributed by atoms with Gasteiger partial charge in [-0.15, -0.1) is 0 Å². The van der Waals surface area contributed by atoms with E-state index in [0.717, 1.165) is 6.54 Å². The molecule has 0 saturated heterocycles. The summed E-state index contributed by atoms with van der Waals surface area (Å²) in [5.41, 5.74) is 2.41. The zero-order chi connectivity index (χ0) is 9.97. The van der Waals surface area contributed by atoms with Crippen LogP contribution in [-0.2, 0) is 6.54 Å². The molecule has 74 valence electrons. The number of halogens is 1. The van der Waals surface area contributed by atoms with E-state index in [1.165, 1.54) is 16.6 Å². The molecule has 0 aliphatic heterocycles. The Bertz CT molecular complexity index is 431. The van der Waals surface area contributed by atoms with E-state index in [0.29, 0.717) is 6.42 Å². The van der Waals surface area contributed by atoms with Crippen molar-refractivity contribution in [2.45, 2.75) is 19.9 Å². The Morgan fingerprint density at radius 2 is 2.07 bits per heavy atom. The van der Waals surface area contributed by atoms with Crippen LogP contribution in [0, 0.1) is 6.92 Å². The lowest BCUT2D eigenvalue weighted by Gasteiger charge is -2.05. The number of alkyl halides is 1. The maximum Gasteiger partial charge on any atom is 0.0911 e. The van der Waals surface area contributed by atoms with Gasteiger partial charge in [0, 0.05) is 17.8 Å². The molecule has 2 heteroatoms. The number of fused-ring (bicyclic) bond motifs is 1. The topological polar surface area (TPSA) is 4.93 Å². The van der Waals surface area contributed by atoms with Crippen LogP contribution in [0.3, 0.4) is 0 Å². The van der Waals surface area contributed by atoms with Crippen LogP contribution >= 0.6 is 0 Å². The molecule has 0 spiro atoms. The normalized spacial score (nSPS) is 11.0. The van der Waals surface area contributed by atoms with Gasteiger partial charge in [0.1, 0.15) is 0 Å². The van der Waals surface area contributed by atoms with Crippen molar-refractivity contribution < 1.29 is 4.39 Å². The maximum atomic E-state index is 12.1. The van der Waals surface area contributed by atoms with Gasteiger partial charge in [-0.05, 0) is 30.9 Å². The van der Waals surface area contributed by atoms with E-state index >= 15 is 0 Å². The standard InChI is InChI=1S/C12H14FN/c1-10-9-11-5-2-3-6-12(11)14(10)8-4-7-13/h2-3,5-6,9H,4,7-8H2,1H3. The van der Waals surface area contributed by atoms with Crippen LogP contribution in [-0.4, -0.2) is 11.2 Å². The van der Waals surface area contributed by atoms with E-state index in [2.05, 4.69) is 29.7 Å². The fraction of sp³-hybridized carbons (Fsp3) is 0.333. The zero-order valence-corrected chi connectivity index (χ0v) is 8.33. The third-order valence-corrected chi connectivity index (χ3v) is 2.53. The highest BCUT2D eigenvalue weighted by Gasteiger charge is 2.03. The third kappa shape index (κ3) is 1.52. The van der Waals surface area contributed by atoms with Crippen molar-refractivity contribution in [3.63, 3.8) is 0 Å². The van der Waals surface area contributed by atoms with Gasteiger partial charge < -0.3 is 4.57 Å². The van der Waals surface area contributed by atoms with Crippen molar-refractivity contribution in [1.82, 2.24) is 4.57 Å². The van der Waals surface area contributed by atoms with Crippen molar-refractivity contribution in [3.05, 3.63) is 36.0 Å². The van der Waals surface area contributed by atoms with E-state index in [-0.39, 0.29) is 6.67 Å². The highest BCUT2D eigenvalue weighted by molar-refractivity contribution is 5.81. The highest BCUT2D eigenvalue weighted by atomic mass is 19.1. The van der Waals surface area contributed by atoms with Crippen molar-refractivity contribution in [2.75, 3.05) is 6.67 Å². The smallest absolute Gasteiger partial charge is 0.0911 e. The van der Waals surface area contributed by atoms with Crippen molar-refractivity contribution in [3.8, 4) is 0 Å². The highest BCUT2D eigenvalue weighted by Crippen LogP contribution is 2.19. The average molecular weight is 191 g/mol. The molecule has 1 nitrogen and oxygen atoms in total. The van der Waals surface area contributed by atoms with Gasteiger partial charge in [-0.1, -0.05) is 18.2 Å². The first-order valence-corrected chi connectivity index (χ1v) is 4.94. The molecule has 1 aromatic heterocycles. The molecule has 0 saturated carbocycles. The van der Waals surface area contributed by atoms with Crippen molar-refractivity contribution >= 4 is 10.9 Å². The molecule has 0 amide bonds. The van der Waals surface area contributed by atoms with E-state index in [1.807, 2.05) is 12.1 Å². The lowest BCUT2D eigenvalue weighted by molar-refractivity contribution is 0.448. The van der Waals surface area contributed by atoms with E-state index in [4.69, 9.17) is 0 Å². The van der Waals surface area contributed by atoms with Gasteiger partial charge in [-0.3, -0.25) is 4.39 Å². The summed E-state index contributed by atoms with van der Waals surface area (Å²) in [6, 6.07) is 10.4. The Hall–Kier alpha value is -1.31. The number of nitrogens with zero attached hydrogens (tertiary/aromatic N) is 1. The first kappa shape index (κ1) is 9.25. The van der Waals surface area contributed by atoms with E-state index in [1.54, 1.807) is 0 Å². The number of benzene rings is 1. The van der Waals surface area contributed by atoms with Crippen LogP contribution in [0.15, 0.2) is 30.3 Å². The Morgan fingerprint density at radius 3 is 2.86 bits per heavy atom. The maximum absolute atomic E-state index is 12.1. The Kier molecular flexibility index (Phi) is 2.53. The predicted molar refractivity (Wildman–Crippen MR) is 57.3 cm³/mol. The SMILES string of the molecule is Cc1cc2ccccc2n1CCCF. The minimum Gasteiger partial charge on any atom is -0.345 e. The summed E-state index contributed by atoms with van der Waals surface area (Å²) in [5.74, 6) is 0. The molecule has 2 rings (SSSR count). The quantitative estimate of drug-likeness (QED) is 0.701. The van der Waals surface area contributed by atoms with Gasteiger partial charge in [-0.2, -0.15) is 0 Å². The van der Waals surface area contributed by atoms with Crippen molar-refractivity contribution in [2.24, 2.45) is 0 Å². The molecule has 0 bridgehead atoms. The second-order valence-electron chi connectivity index (χ2n) is 3.54. The van der Waals surface area contributed by atoms with Gasteiger partial charge in [0.05, 0.1) is 6.67 Å². The van der Waals surface area contributed by atoms with Gasteiger partial charge in [-0.25, -0.2) is 0 Å². The number of hydrogen-bond acceptors (Lipinski definition) is 0. The lowest BCUT2D eigenvalue weighted by Crippen LogP contribution is -2.00. The first-order valence-electron chi connectivity index (χ1n) is 4.94. The van der Waals surface area contributed by atoms with Gasteiger partial charge >= 0.3 is 0 Å². The number of rotatable bonds is 3. The molecule has 0 fully saturated rings. The summed E-state index contributed by atoms with van der Waals surface area (Å²) in [6.07, 6.45) is 0.597. The first-order chi connectivity index (χ1) is 6.83. The molecule has 0 aliphatic rings. The summed E-state index contributed by atoms with van der Waals surface area (Å²) in [4.78, 5) is 0. The molecule has 0 atom stereocenters. The fourth-order valence-corrected chi connectivity index (χ4v) is 1.86. The molecular weight excluding hydrogens is 177 g/mol. The van der Waals surface area contributed by atoms with Crippen LogP contribution in [0.25, 0.3) is 10.9 Å². The van der Waals surface area contributed by atoms with Gasteiger partial charge in [0.25, 0.3) is 0 Å². The number of para-hydroxylation sites is 1. The summed E-state index contributed by atoms with van der Waals surface area (Å²) in [6.45, 7) is 2.60. The number of hydrogen-bond donors (Lipinski definition) is 0. The second kappa shape index (κ2) is 3.82. The minimum absolute atomic E-state index is 0.244. The predicted octanol–water partition coefficient (Wildman–Crippen LogP) is 3.31. The summed E-state index contributed by atoms with van der Waals surface area (Å²) in [5, 5.41) is 1.24. The molecule has 0 unspecified atom stereocenters. The Morgan fingerprint density at radius 1 is 1.29 bits per heavy atom. The van der Waals surface area contributed by atoms with Crippen LogP contribution in [0.5, 0.6) is 0 Å². The fourth-order valence-electron chi connectivity index (χ4n) is 1.86. The second-order valence-corrected chi connectivity index (χ2v) is 3.54. The van der Waals surface area contributed by atoms with Gasteiger partial charge in [0.2, 0.25) is 0 Å². The van der Waals surface area contributed by atoms with Crippen LogP contribution < -0.4 is 0 Å². The molecular formula is C12H14FN. The van der Waals surface area contributed by atoms with Crippen LogP contribution in [0.4, 0.5) is 4.39 Å². The summed E-state index contributed by atoms with van der Waals surface area (Å²) < 4.78 is 14.3. The molecule has 1 aromatic carbocycles. The molecule has 14 heavy (non-hydrogen) atoms. The van der Waals surface area contributed by atoms with Crippen LogP contribution in [0.1, 0.15) is 12.1 Å². The van der Waals surface area contributed by atoms with Crippen molar-refractivity contribution in [1.29, 1.82) is 0 Å². The van der Waals surface area contributed by atoms with E-state index in [9.17, 15) is 4.39 Å². The Labute approximate surface area is 83.2 Å². The number of aryl methyl sites for hydroxylation is 2. The number of aromatic nitrogens is 1. The molecule has 1 heterocycles. The average Bonchev–Trinajstić information content (AvgIpc) is 2.51. The monoisotopic (exact) mass is 191 g/mol. The summed E-state index contributed by atoms with van der Waals surface area (Å²) in [7, 11) is 0. The third-order valence-electron chi connectivity index (χ3n) is 2.53.